The molecular formula is C23H17N5O3S3. The molecule has 2 heterocycles. The molecule has 4 aromatic rings. The van der Waals surface area contributed by atoms with Crippen molar-refractivity contribution in [1.29, 1.82) is 5.26 Å². The summed E-state index contributed by atoms with van der Waals surface area (Å²) in [6.07, 6.45) is 1.41. The minimum Gasteiger partial charge on any atom is -0.296 e. The Kier molecular flexibility index (Phi) is 6.83. The molecule has 0 saturated heterocycles. The summed E-state index contributed by atoms with van der Waals surface area (Å²) in [6, 6.07) is 18.5. The molecule has 34 heavy (non-hydrogen) atoms. The maximum absolute atomic E-state index is 12.5. The highest BCUT2D eigenvalue weighted by Crippen LogP contribution is 2.30. The topological polar surface area (TPSA) is 125 Å². The van der Waals surface area contributed by atoms with Crippen LogP contribution in [0.25, 0.3) is 16.0 Å². The Morgan fingerprint density at radius 1 is 1.06 bits per heavy atom. The van der Waals surface area contributed by atoms with Crippen LogP contribution < -0.4 is 10.0 Å². The molecule has 0 unspecified atom stereocenters. The molecule has 0 aliphatic heterocycles. The highest BCUT2D eigenvalue weighted by Gasteiger charge is 2.15. The number of aromatic nitrogens is 2. The van der Waals surface area contributed by atoms with Gasteiger partial charge in [0.25, 0.3) is 15.9 Å². The first kappa shape index (κ1) is 23.3. The van der Waals surface area contributed by atoms with Gasteiger partial charge in [0.05, 0.1) is 9.77 Å². The molecule has 0 spiro atoms. The van der Waals surface area contributed by atoms with Gasteiger partial charge in [-0.15, -0.1) is 21.5 Å². The van der Waals surface area contributed by atoms with Crippen LogP contribution in [-0.2, 0) is 14.8 Å². The molecular weight excluding hydrogens is 490 g/mol. The molecule has 0 saturated carbocycles. The molecule has 0 radical (unpaired) electrons. The van der Waals surface area contributed by atoms with Crippen LogP contribution in [0.15, 0.2) is 76.5 Å². The lowest BCUT2D eigenvalue weighted by Gasteiger charge is -2.08. The van der Waals surface area contributed by atoms with Gasteiger partial charge in [0.1, 0.15) is 11.6 Å². The number of sulfonamides is 1. The number of nitriles is 1. The first-order valence-electron chi connectivity index (χ1n) is 9.84. The number of nitrogens with one attached hydrogen (secondary N) is 2. The van der Waals surface area contributed by atoms with E-state index >= 15 is 0 Å². The Balaban J connectivity index is 1.44. The molecule has 170 valence electrons. The normalized spacial score (nSPS) is 11.6. The lowest BCUT2D eigenvalue weighted by atomic mass is 10.1. The van der Waals surface area contributed by atoms with Crippen LogP contribution in [0, 0.1) is 18.3 Å². The second-order valence-corrected chi connectivity index (χ2v) is 10.7. The van der Waals surface area contributed by atoms with Gasteiger partial charge < -0.3 is 0 Å². The number of rotatable bonds is 7. The summed E-state index contributed by atoms with van der Waals surface area (Å²) in [5.41, 5.74) is 1.75. The predicted molar refractivity (Wildman–Crippen MR) is 134 cm³/mol. The molecule has 0 atom stereocenters. The number of carbonyl (C=O) groups is 1. The Bertz CT molecular complexity index is 1480. The number of carbonyl (C=O) groups excluding carboxylic acids is 1. The number of nitrogens with zero attached hydrogens (tertiary/aromatic N) is 3. The molecule has 0 bridgehead atoms. The third-order valence-electron chi connectivity index (χ3n) is 4.55. The third-order valence-corrected chi connectivity index (χ3v) is 7.82. The second kappa shape index (κ2) is 9.96. The lowest BCUT2D eigenvalue weighted by molar-refractivity contribution is -0.112. The molecule has 11 heteroatoms. The predicted octanol–water partition coefficient (Wildman–Crippen LogP) is 4.92. The fourth-order valence-electron chi connectivity index (χ4n) is 2.83. The number of aryl methyl sites for hydroxylation is 1. The van der Waals surface area contributed by atoms with Gasteiger partial charge in [-0.3, -0.25) is 14.8 Å². The van der Waals surface area contributed by atoms with Crippen molar-refractivity contribution in [2.24, 2.45) is 0 Å². The van der Waals surface area contributed by atoms with Crippen molar-refractivity contribution in [3.63, 3.8) is 0 Å². The van der Waals surface area contributed by atoms with Crippen LogP contribution in [0.2, 0.25) is 0 Å². The van der Waals surface area contributed by atoms with Gasteiger partial charge in [-0.05, 0) is 54.3 Å². The summed E-state index contributed by atoms with van der Waals surface area (Å²) < 4.78 is 27.6. The molecule has 0 fully saturated rings. The molecule has 1 amide bonds. The van der Waals surface area contributed by atoms with E-state index in [1.165, 1.54) is 40.9 Å². The highest BCUT2D eigenvalue weighted by molar-refractivity contribution is 7.92. The minimum atomic E-state index is -3.73. The molecule has 2 aromatic carbocycles. The summed E-state index contributed by atoms with van der Waals surface area (Å²) in [6.45, 7) is 1.88. The van der Waals surface area contributed by atoms with E-state index in [-0.39, 0.29) is 15.6 Å². The molecule has 0 aliphatic carbocycles. The van der Waals surface area contributed by atoms with E-state index < -0.39 is 15.9 Å². The van der Waals surface area contributed by atoms with Crippen molar-refractivity contribution < 1.29 is 13.2 Å². The van der Waals surface area contributed by atoms with Crippen molar-refractivity contribution in [1.82, 2.24) is 10.2 Å². The van der Waals surface area contributed by atoms with E-state index in [4.69, 9.17) is 0 Å². The maximum Gasteiger partial charge on any atom is 0.268 e. The quantitative estimate of drug-likeness (QED) is 0.270. The van der Waals surface area contributed by atoms with E-state index in [1.54, 1.807) is 36.4 Å². The fraction of sp³-hybridized carbons (Fsp3) is 0.0435. The first-order valence-corrected chi connectivity index (χ1v) is 13.0. The zero-order chi connectivity index (χ0) is 24.1. The van der Waals surface area contributed by atoms with E-state index in [2.05, 4.69) is 20.2 Å². The van der Waals surface area contributed by atoms with Crippen molar-refractivity contribution in [2.45, 2.75) is 11.8 Å². The average Bonchev–Trinajstić information content (AvgIpc) is 3.51. The lowest BCUT2D eigenvalue weighted by Crippen LogP contribution is -2.13. The van der Waals surface area contributed by atoms with Gasteiger partial charge in [0, 0.05) is 5.69 Å². The smallest absolute Gasteiger partial charge is 0.268 e. The summed E-state index contributed by atoms with van der Waals surface area (Å²) in [5, 5.41) is 22.9. The largest absolute Gasteiger partial charge is 0.296 e. The second-order valence-electron chi connectivity index (χ2n) is 7.05. The van der Waals surface area contributed by atoms with Crippen molar-refractivity contribution in [3.05, 3.63) is 82.7 Å². The Morgan fingerprint density at radius 3 is 2.44 bits per heavy atom. The zero-order valence-corrected chi connectivity index (χ0v) is 20.2. The molecule has 8 nitrogen and oxygen atoms in total. The molecule has 4 rings (SSSR count). The number of thiophene rings is 1. The van der Waals surface area contributed by atoms with Crippen LogP contribution in [0.4, 0.5) is 10.8 Å². The van der Waals surface area contributed by atoms with Crippen LogP contribution >= 0.6 is 22.7 Å². The molecule has 0 aliphatic rings. The highest BCUT2D eigenvalue weighted by atomic mass is 32.2. The summed E-state index contributed by atoms with van der Waals surface area (Å²) in [4.78, 5) is 13.6. The van der Waals surface area contributed by atoms with Gasteiger partial charge in [-0.1, -0.05) is 47.2 Å². The standard InChI is InChI=1S/C23H17N5O3S3/c1-15-4-10-19(11-5-15)34(30,31)28-18-8-6-16(7-9-18)13-17(14-24)21(29)25-23-27-26-22(33-23)20-3-2-12-32-20/h2-13,28H,1H3,(H,25,27,29)/b17-13+. The van der Waals surface area contributed by atoms with Crippen molar-refractivity contribution in [2.75, 3.05) is 10.0 Å². The SMILES string of the molecule is Cc1ccc(S(=O)(=O)Nc2ccc(/C=C(\C#N)C(=O)Nc3nnc(-c4cccs4)s3)cc2)cc1. The summed E-state index contributed by atoms with van der Waals surface area (Å²) in [7, 11) is -3.73. The van der Waals surface area contributed by atoms with Crippen molar-refractivity contribution in [3.8, 4) is 16.0 Å². The molecule has 2 aromatic heterocycles. The van der Waals surface area contributed by atoms with Gasteiger partial charge in [-0.2, -0.15) is 5.26 Å². The first-order chi connectivity index (χ1) is 16.3. The zero-order valence-electron chi connectivity index (χ0n) is 17.7. The molecule has 2 N–H and O–H groups in total. The van der Waals surface area contributed by atoms with Crippen molar-refractivity contribution >= 4 is 55.5 Å². The summed E-state index contributed by atoms with van der Waals surface area (Å²) >= 11 is 2.73. The van der Waals surface area contributed by atoms with E-state index in [1.807, 2.05) is 30.5 Å². The minimum absolute atomic E-state index is 0.124. The van der Waals surface area contributed by atoms with Gasteiger partial charge >= 0.3 is 0 Å². The van der Waals surface area contributed by atoms with E-state index in [0.29, 0.717) is 16.3 Å². The van der Waals surface area contributed by atoms with Gasteiger partial charge in [0.15, 0.2) is 5.01 Å². The van der Waals surface area contributed by atoms with Crippen LogP contribution in [0.5, 0.6) is 0 Å². The van der Waals surface area contributed by atoms with E-state index in [0.717, 1.165) is 10.4 Å². The average molecular weight is 508 g/mol. The number of benzene rings is 2. The fourth-order valence-corrected chi connectivity index (χ4v) is 5.42. The number of amides is 1. The van der Waals surface area contributed by atoms with Crippen LogP contribution in [0.1, 0.15) is 11.1 Å². The summed E-state index contributed by atoms with van der Waals surface area (Å²) in [5.74, 6) is -0.611. The monoisotopic (exact) mass is 507 g/mol. The van der Waals surface area contributed by atoms with E-state index in [9.17, 15) is 18.5 Å². The number of hydrogen-bond acceptors (Lipinski definition) is 8. The Labute approximate surface area is 204 Å². The van der Waals surface area contributed by atoms with Gasteiger partial charge in [0.2, 0.25) is 5.13 Å². The third kappa shape index (κ3) is 5.55. The maximum atomic E-state index is 12.5. The number of anilines is 2. The Hall–Kier alpha value is -3.85. The Morgan fingerprint density at radius 2 is 1.79 bits per heavy atom. The number of hydrogen-bond donors (Lipinski definition) is 2. The van der Waals surface area contributed by atoms with Gasteiger partial charge in [-0.25, -0.2) is 8.42 Å². The van der Waals surface area contributed by atoms with Crippen LogP contribution in [-0.4, -0.2) is 24.5 Å². The van der Waals surface area contributed by atoms with Crippen LogP contribution in [0.3, 0.4) is 0 Å².